The summed E-state index contributed by atoms with van der Waals surface area (Å²) >= 11 is 0. The molecule has 1 heterocycles. The third-order valence-electron chi connectivity index (χ3n) is 6.59. The zero-order valence-corrected chi connectivity index (χ0v) is 21.6. The number of hydrogen-bond acceptors (Lipinski definition) is 6. The Morgan fingerprint density at radius 3 is 1.50 bits per heavy atom. The third-order valence-corrected chi connectivity index (χ3v) is 6.59. The van der Waals surface area contributed by atoms with Crippen LogP contribution >= 0.6 is 0 Å². The molecule has 8 nitrogen and oxygen atoms in total. The summed E-state index contributed by atoms with van der Waals surface area (Å²) in [5.74, 6) is -0.720. The molecule has 8 heteroatoms. The number of carbonyl (C=O) groups excluding carboxylic acids is 3. The lowest BCUT2D eigenvalue weighted by Crippen LogP contribution is -2.36. The van der Waals surface area contributed by atoms with Gasteiger partial charge in [0.1, 0.15) is 0 Å². The van der Waals surface area contributed by atoms with Crippen molar-refractivity contribution in [3.8, 4) is 6.07 Å². The minimum Gasteiger partial charge on any atom is -0.378 e. The minimum absolute atomic E-state index is 0.179. The third kappa shape index (κ3) is 6.23. The molecule has 0 atom stereocenters. The van der Waals surface area contributed by atoms with Crippen LogP contribution in [0.4, 0.5) is 17.1 Å². The molecular formula is C32H26N4O4. The molecule has 0 spiro atoms. The number of rotatable bonds is 7. The zero-order chi connectivity index (χ0) is 27.9. The highest BCUT2D eigenvalue weighted by Crippen LogP contribution is 2.20. The SMILES string of the molecule is N#Cc1ccc(C(=O)Nc2ccc(C(=O)c3ccc(NC(=O)c4ccc(N5CCOCC5)cc4)cc3)cc2)cc1. The van der Waals surface area contributed by atoms with Gasteiger partial charge < -0.3 is 20.3 Å². The number of nitriles is 1. The number of amides is 2. The smallest absolute Gasteiger partial charge is 0.255 e. The molecule has 2 amide bonds. The van der Waals surface area contributed by atoms with Gasteiger partial charge in [-0.05, 0) is 97.1 Å². The van der Waals surface area contributed by atoms with Crippen LogP contribution in [-0.4, -0.2) is 43.9 Å². The Kier molecular flexibility index (Phi) is 7.95. The maximum atomic E-state index is 13.0. The summed E-state index contributed by atoms with van der Waals surface area (Å²) in [5.41, 5.74) is 4.57. The van der Waals surface area contributed by atoms with E-state index in [1.54, 1.807) is 84.9 Å². The van der Waals surface area contributed by atoms with Gasteiger partial charge in [-0.15, -0.1) is 0 Å². The first kappa shape index (κ1) is 26.4. The molecule has 0 aromatic heterocycles. The van der Waals surface area contributed by atoms with Gasteiger partial charge in [-0.25, -0.2) is 0 Å². The van der Waals surface area contributed by atoms with Crippen LogP contribution in [0.15, 0.2) is 97.1 Å². The number of nitrogens with one attached hydrogen (secondary N) is 2. The normalized spacial score (nSPS) is 12.7. The number of morpholine rings is 1. The van der Waals surface area contributed by atoms with E-state index in [4.69, 9.17) is 10.00 Å². The summed E-state index contributed by atoms with van der Waals surface area (Å²) in [6, 6.07) is 29.2. The Labute approximate surface area is 231 Å². The van der Waals surface area contributed by atoms with Crippen molar-refractivity contribution in [2.24, 2.45) is 0 Å². The van der Waals surface area contributed by atoms with E-state index in [-0.39, 0.29) is 17.6 Å². The van der Waals surface area contributed by atoms with Gasteiger partial charge in [-0.3, -0.25) is 14.4 Å². The van der Waals surface area contributed by atoms with Crippen molar-refractivity contribution in [1.29, 1.82) is 5.26 Å². The first-order valence-electron chi connectivity index (χ1n) is 12.8. The zero-order valence-electron chi connectivity index (χ0n) is 21.6. The average Bonchev–Trinajstić information content (AvgIpc) is 3.02. The van der Waals surface area contributed by atoms with Crippen molar-refractivity contribution in [1.82, 2.24) is 0 Å². The predicted octanol–water partition coefficient (Wildman–Crippen LogP) is 5.13. The quantitative estimate of drug-likeness (QED) is 0.321. The molecule has 1 saturated heterocycles. The lowest BCUT2D eigenvalue weighted by Gasteiger charge is -2.28. The highest BCUT2D eigenvalue weighted by molar-refractivity contribution is 6.10. The topological polar surface area (TPSA) is 112 Å². The summed E-state index contributed by atoms with van der Waals surface area (Å²) in [6.07, 6.45) is 0. The fraction of sp³-hybridized carbons (Fsp3) is 0.125. The second-order valence-electron chi connectivity index (χ2n) is 9.23. The first-order chi connectivity index (χ1) is 19.5. The van der Waals surface area contributed by atoms with Gasteiger partial charge in [0, 0.05) is 52.4 Å². The van der Waals surface area contributed by atoms with Crippen molar-refractivity contribution in [2.45, 2.75) is 0 Å². The summed E-state index contributed by atoms with van der Waals surface area (Å²) < 4.78 is 5.39. The van der Waals surface area contributed by atoms with E-state index >= 15 is 0 Å². The Morgan fingerprint density at radius 2 is 1.05 bits per heavy atom. The van der Waals surface area contributed by atoms with E-state index in [0.29, 0.717) is 52.4 Å². The molecule has 1 aliphatic rings. The van der Waals surface area contributed by atoms with Gasteiger partial charge in [0.15, 0.2) is 5.78 Å². The lowest BCUT2D eigenvalue weighted by molar-refractivity contribution is 0.101. The molecule has 5 rings (SSSR count). The van der Waals surface area contributed by atoms with E-state index in [1.165, 1.54) is 0 Å². The van der Waals surface area contributed by atoms with Crippen molar-refractivity contribution in [3.05, 3.63) is 125 Å². The number of hydrogen-bond donors (Lipinski definition) is 2. The maximum absolute atomic E-state index is 13.0. The molecule has 0 saturated carbocycles. The van der Waals surface area contributed by atoms with Crippen molar-refractivity contribution in [2.75, 3.05) is 41.8 Å². The fourth-order valence-electron chi connectivity index (χ4n) is 4.32. The van der Waals surface area contributed by atoms with Crippen LogP contribution in [0.5, 0.6) is 0 Å². The van der Waals surface area contributed by atoms with Gasteiger partial charge >= 0.3 is 0 Å². The van der Waals surface area contributed by atoms with Gasteiger partial charge in [0.2, 0.25) is 0 Å². The number of carbonyl (C=O) groups is 3. The molecule has 4 aromatic carbocycles. The molecule has 4 aromatic rings. The van der Waals surface area contributed by atoms with E-state index in [9.17, 15) is 14.4 Å². The maximum Gasteiger partial charge on any atom is 0.255 e. The second kappa shape index (κ2) is 12.1. The molecule has 2 N–H and O–H groups in total. The monoisotopic (exact) mass is 530 g/mol. The van der Waals surface area contributed by atoms with E-state index in [1.807, 2.05) is 18.2 Å². The Hall–Kier alpha value is -5.26. The summed E-state index contributed by atoms with van der Waals surface area (Å²) in [6.45, 7) is 3.06. The van der Waals surface area contributed by atoms with Gasteiger partial charge in [0.05, 0.1) is 24.8 Å². The molecule has 198 valence electrons. The molecule has 0 bridgehead atoms. The van der Waals surface area contributed by atoms with E-state index < -0.39 is 0 Å². The standard InChI is InChI=1S/C32H26N4O4/c33-21-22-1-3-25(4-2-22)31(38)34-27-11-5-23(6-12-27)30(37)24-7-13-28(14-8-24)35-32(39)26-9-15-29(16-10-26)36-17-19-40-20-18-36/h1-16H,17-20H2,(H,34,38)(H,35,39). The van der Waals surface area contributed by atoms with Gasteiger partial charge in [-0.1, -0.05) is 0 Å². The number of anilines is 3. The Balaban J connectivity index is 1.17. The van der Waals surface area contributed by atoms with Crippen LogP contribution < -0.4 is 15.5 Å². The highest BCUT2D eigenvalue weighted by atomic mass is 16.5. The number of ether oxygens (including phenoxy) is 1. The highest BCUT2D eigenvalue weighted by Gasteiger charge is 2.14. The van der Waals surface area contributed by atoms with Crippen LogP contribution in [0.3, 0.4) is 0 Å². The molecule has 1 fully saturated rings. The van der Waals surface area contributed by atoms with Crippen molar-refractivity contribution < 1.29 is 19.1 Å². The van der Waals surface area contributed by atoms with Crippen LogP contribution in [0.25, 0.3) is 0 Å². The molecule has 0 unspecified atom stereocenters. The average molecular weight is 531 g/mol. The predicted molar refractivity (Wildman–Crippen MR) is 153 cm³/mol. The van der Waals surface area contributed by atoms with Crippen LogP contribution in [0.1, 0.15) is 42.2 Å². The van der Waals surface area contributed by atoms with Crippen LogP contribution in [-0.2, 0) is 4.74 Å². The van der Waals surface area contributed by atoms with Crippen LogP contribution in [0.2, 0.25) is 0 Å². The fourth-order valence-corrected chi connectivity index (χ4v) is 4.32. The molecule has 0 radical (unpaired) electrons. The Bertz CT molecular complexity index is 1550. The lowest BCUT2D eigenvalue weighted by atomic mass is 10.0. The van der Waals surface area contributed by atoms with Crippen molar-refractivity contribution in [3.63, 3.8) is 0 Å². The van der Waals surface area contributed by atoms with Gasteiger partial charge in [0.25, 0.3) is 11.8 Å². The molecule has 1 aliphatic heterocycles. The molecule has 0 aliphatic carbocycles. The van der Waals surface area contributed by atoms with Crippen LogP contribution in [0, 0.1) is 11.3 Å². The van der Waals surface area contributed by atoms with Gasteiger partial charge in [-0.2, -0.15) is 5.26 Å². The second-order valence-corrected chi connectivity index (χ2v) is 9.23. The first-order valence-corrected chi connectivity index (χ1v) is 12.8. The molecule has 40 heavy (non-hydrogen) atoms. The summed E-state index contributed by atoms with van der Waals surface area (Å²) in [4.78, 5) is 40.3. The van der Waals surface area contributed by atoms with E-state index in [2.05, 4.69) is 15.5 Å². The largest absolute Gasteiger partial charge is 0.378 e. The number of benzene rings is 4. The number of ketones is 1. The van der Waals surface area contributed by atoms with E-state index in [0.717, 1.165) is 18.8 Å². The van der Waals surface area contributed by atoms with Crippen molar-refractivity contribution >= 4 is 34.7 Å². The number of nitrogens with zero attached hydrogens (tertiary/aromatic N) is 2. The molecular weight excluding hydrogens is 504 g/mol. The Morgan fingerprint density at radius 1 is 0.625 bits per heavy atom. The summed E-state index contributed by atoms with van der Waals surface area (Å²) in [7, 11) is 0. The minimum atomic E-state index is -0.311. The summed E-state index contributed by atoms with van der Waals surface area (Å²) in [5, 5.41) is 14.5.